The first-order valence-electron chi connectivity index (χ1n) is 11.5. The Balaban J connectivity index is 1.43. The number of hydrogen-bond donors (Lipinski definition) is 1. The summed E-state index contributed by atoms with van der Waals surface area (Å²) in [5.41, 5.74) is 8.54. The molecule has 0 aliphatic carbocycles. The van der Waals surface area contributed by atoms with Gasteiger partial charge in [-0.1, -0.05) is 12.1 Å². The molecule has 0 bridgehead atoms. The molecule has 5 rings (SSSR count). The lowest BCUT2D eigenvalue weighted by atomic mass is 10.1. The van der Waals surface area contributed by atoms with Gasteiger partial charge in [0.2, 0.25) is 0 Å². The number of rotatable bonds is 7. The Morgan fingerprint density at radius 3 is 2.57 bits per heavy atom. The van der Waals surface area contributed by atoms with E-state index in [1.165, 1.54) is 29.7 Å². The monoisotopic (exact) mass is 477 g/mol. The lowest BCUT2D eigenvalue weighted by molar-refractivity contribution is 0.236. The van der Waals surface area contributed by atoms with E-state index in [2.05, 4.69) is 25.4 Å². The highest BCUT2D eigenvalue weighted by Crippen LogP contribution is 2.32. The Bertz CT molecular complexity index is 1330. The van der Waals surface area contributed by atoms with Crippen LogP contribution in [-0.4, -0.2) is 56.3 Å². The fourth-order valence-corrected chi connectivity index (χ4v) is 4.24. The van der Waals surface area contributed by atoms with Gasteiger partial charge in [0.05, 0.1) is 5.56 Å². The van der Waals surface area contributed by atoms with Crippen molar-refractivity contribution in [3.8, 4) is 34.0 Å². The summed E-state index contributed by atoms with van der Waals surface area (Å²) in [6.45, 7) is 5.14. The number of hydrogen-bond acceptors (Lipinski definition) is 7. The van der Waals surface area contributed by atoms with Crippen LogP contribution in [-0.2, 0) is 0 Å². The second kappa shape index (κ2) is 9.75. The topological polar surface area (TPSA) is 95.0 Å². The third-order valence-electron chi connectivity index (χ3n) is 6.21. The molecule has 0 saturated carbocycles. The van der Waals surface area contributed by atoms with Gasteiger partial charge in [0.25, 0.3) is 0 Å². The minimum absolute atomic E-state index is 0.168. The first kappa shape index (κ1) is 22.9. The van der Waals surface area contributed by atoms with E-state index < -0.39 is 5.82 Å². The van der Waals surface area contributed by atoms with E-state index >= 15 is 4.39 Å². The summed E-state index contributed by atoms with van der Waals surface area (Å²) in [4.78, 5) is 6.59. The number of likely N-dealkylation sites (tertiary alicyclic amines) is 1. The highest BCUT2D eigenvalue weighted by Gasteiger charge is 2.20. The molecule has 4 aromatic rings. The van der Waals surface area contributed by atoms with Crippen molar-refractivity contribution in [3.05, 3.63) is 65.9 Å². The molecule has 0 atom stereocenters. The quantitative estimate of drug-likeness (QED) is 0.429. The second-order valence-electron chi connectivity index (χ2n) is 8.50. The molecule has 1 aliphatic rings. The van der Waals surface area contributed by atoms with Crippen molar-refractivity contribution in [2.75, 3.05) is 32.0 Å². The van der Waals surface area contributed by atoms with Crippen LogP contribution < -0.4 is 10.5 Å². The molecule has 1 saturated heterocycles. The molecule has 8 nitrogen and oxygen atoms in total. The Labute approximate surface area is 201 Å². The number of halogens is 2. The average molecular weight is 478 g/mol. The van der Waals surface area contributed by atoms with Gasteiger partial charge in [-0.05, 0) is 79.2 Å². The first-order valence-corrected chi connectivity index (χ1v) is 11.5. The SMILES string of the molecule is Cc1c(OCCN2CCCC2)ccc(-n2nnnc2-c2cc(-c3ccc(F)cc3)cnc2N)c1F. The average Bonchev–Trinajstić information content (AvgIpc) is 3.55. The number of aromatic nitrogens is 5. The molecule has 0 unspecified atom stereocenters. The van der Waals surface area contributed by atoms with Crippen molar-refractivity contribution in [3.63, 3.8) is 0 Å². The zero-order valence-corrected chi connectivity index (χ0v) is 19.3. The maximum atomic E-state index is 15.4. The van der Waals surface area contributed by atoms with Crippen LogP contribution in [0.2, 0.25) is 0 Å². The minimum Gasteiger partial charge on any atom is -0.492 e. The van der Waals surface area contributed by atoms with Gasteiger partial charge >= 0.3 is 0 Å². The fourth-order valence-electron chi connectivity index (χ4n) is 4.24. The van der Waals surface area contributed by atoms with Crippen LogP contribution in [0.4, 0.5) is 14.6 Å². The van der Waals surface area contributed by atoms with Gasteiger partial charge in [0, 0.05) is 23.9 Å². The third kappa shape index (κ3) is 4.69. The van der Waals surface area contributed by atoms with Gasteiger partial charge in [-0.25, -0.2) is 13.8 Å². The molecule has 180 valence electrons. The van der Waals surface area contributed by atoms with Gasteiger partial charge in [0.15, 0.2) is 11.6 Å². The summed E-state index contributed by atoms with van der Waals surface area (Å²) < 4.78 is 35.9. The maximum absolute atomic E-state index is 15.4. The lowest BCUT2D eigenvalue weighted by Crippen LogP contribution is -2.25. The highest BCUT2D eigenvalue weighted by atomic mass is 19.1. The fraction of sp³-hybridized carbons (Fsp3) is 0.280. The number of tetrazole rings is 1. The molecule has 1 fully saturated rings. The summed E-state index contributed by atoms with van der Waals surface area (Å²) in [5.74, 6) is 0.0829. The van der Waals surface area contributed by atoms with Crippen LogP contribution in [0.15, 0.2) is 48.7 Å². The Morgan fingerprint density at radius 2 is 1.80 bits per heavy atom. The molecular weight excluding hydrogens is 452 g/mol. The summed E-state index contributed by atoms with van der Waals surface area (Å²) in [6.07, 6.45) is 4.01. The minimum atomic E-state index is -0.488. The standard InChI is InChI=1S/C25H25F2N7O/c1-16-22(35-13-12-33-10-2-3-11-33)9-8-21(23(16)27)34-25(30-31-32-34)20-14-18(15-29-24(20)28)17-4-6-19(26)7-5-17/h4-9,14-15H,2-3,10-13H2,1H3,(H2,28,29). The van der Waals surface area contributed by atoms with E-state index in [1.54, 1.807) is 43.5 Å². The molecule has 0 amide bonds. The number of ether oxygens (including phenoxy) is 1. The summed E-state index contributed by atoms with van der Waals surface area (Å²) in [7, 11) is 0. The van der Waals surface area contributed by atoms with Crippen LogP contribution in [0.3, 0.4) is 0 Å². The van der Waals surface area contributed by atoms with Gasteiger partial charge in [-0.15, -0.1) is 5.10 Å². The molecule has 3 heterocycles. The molecule has 0 radical (unpaired) electrons. The van der Waals surface area contributed by atoms with Crippen molar-refractivity contribution in [1.82, 2.24) is 30.1 Å². The zero-order chi connectivity index (χ0) is 24.4. The van der Waals surface area contributed by atoms with Crippen LogP contribution >= 0.6 is 0 Å². The van der Waals surface area contributed by atoms with Crippen LogP contribution in [0.25, 0.3) is 28.2 Å². The van der Waals surface area contributed by atoms with E-state index in [1.807, 2.05) is 0 Å². The van der Waals surface area contributed by atoms with Crippen molar-refractivity contribution in [2.24, 2.45) is 0 Å². The predicted molar refractivity (Wildman–Crippen MR) is 128 cm³/mol. The van der Waals surface area contributed by atoms with Gasteiger partial charge in [0.1, 0.15) is 29.7 Å². The molecular formula is C25H25F2N7O. The van der Waals surface area contributed by atoms with Crippen molar-refractivity contribution in [2.45, 2.75) is 19.8 Å². The zero-order valence-electron chi connectivity index (χ0n) is 19.3. The third-order valence-corrected chi connectivity index (χ3v) is 6.21. The van der Waals surface area contributed by atoms with E-state index in [-0.39, 0.29) is 23.1 Å². The normalized spacial score (nSPS) is 13.9. The smallest absolute Gasteiger partial charge is 0.190 e. The largest absolute Gasteiger partial charge is 0.492 e. The van der Waals surface area contributed by atoms with Crippen molar-refractivity contribution < 1.29 is 13.5 Å². The predicted octanol–water partition coefficient (Wildman–Crippen LogP) is 4.03. The van der Waals surface area contributed by atoms with Crippen LogP contribution in [0, 0.1) is 18.6 Å². The first-order chi connectivity index (χ1) is 17.0. The lowest BCUT2D eigenvalue weighted by Gasteiger charge is -2.17. The van der Waals surface area contributed by atoms with Crippen LogP contribution in [0.1, 0.15) is 18.4 Å². The van der Waals surface area contributed by atoms with Gasteiger partial charge in [-0.3, -0.25) is 4.90 Å². The van der Waals surface area contributed by atoms with E-state index in [0.29, 0.717) is 29.0 Å². The highest BCUT2D eigenvalue weighted by molar-refractivity contribution is 5.76. The second-order valence-corrected chi connectivity index (χ2v) is 8.50. The number of nitrogen functional groups attached to an aromatic ring is 1. The maximum Gasteiger partial charge on any atom is 0.190 e. The number of pyridine rings is 1. The van der Waals surface area contributed by atoms with Crippen molar-refractivity contribution in [1.29, 1.82) is 0 Å². The van der Waals surface area contributed by atoms with Gasteiger partial charge < -0.3 is 10.5 Å². The van der Waals surface area contributed by atoms with E-state index in [9.17, 15) is 4.39 Å². The molecule has 2 aromatic carbocycles. The van der Waals surface area contributed by atoms with Crippen LogP contribution in [0.5, 0.6) is 5.75 Å². The number of nitrogens with zero attached hydrogens (tertiary/aromatic N) is 6. The molecule has 10 heteroatoms. The molecule has 35 heavy (non-hydrogen) atoms. The molecule has 1 aliphatic heterocycles. The Hall–Kier alpha value is -3.92. The number of anilines is 1. The number of nitrogens with two attached hydrogens (primary N) is 1. The van der Waals surface area contributed by atoms with Gasteiger partial charge in [-0.2, -0.15) is 4.68 Å². The summed E-state index contributed by atoms with van der Waals surface area (Å²) in [5, 5.41) is 11.8. The molecule has 2 N–H and O–H groups in total. The molecule has 0 spiro atoms. The number of benzene rings is 2. The Kier molecular flexibility index (Phi) is 6.37. The molecule has 2 aromatic heterocycles. The van der Waals surface area contributed by atoms with E-state index in [0.717, 1.165) is 25.2 Å². The van der Waals surface area contributed by atoms with E-state index in [4.69, 9.17) is 10.5 Å². The summed E-state index contributed by atoms with van der Waals surface area (Å²) in [6, 6.07) is 11.1. The van der Waals surface area contributed by atoms with Crippen molar-refractivity contribution >= 4 is 5.82 Å². The summed E-state index contributed by atoms with van der Waals surface area (Å²) >= 11 is 0. The Morgan fingerprint density at radius 1 is 1.03 bits per heavy atom.